The Bertz CT molecular complexity index is 738. The SMILES string of the molecule is O=C(NS(=O)(=O)c1cnccn1)C12CC3CC(CC(F)(C3)C1)C2. The Balaban J connectivity index is 1.60. The van der Waals surface area contributed by atoms with Crippen molar-refractivity contribution in [1.82, 2.24) is 14.7 Å². The van der Waals surface area contributed by atoms with Gasteiger partial charge < -0.3 is 0 Å². The molecule has 4 aliphatic carbocycles. The van der Waals surface area contributed by atoms with Gasteiger partial charge in [-0.15, -0.1) is 0 Å². The lowest BCUT2D eigenvalue weighted by molar-refractivity contribution is -0.158. The third-order valence-electron chi connectivity index (χ3n) is 5.51. The van der Waals surface area contributed by atoms with Crippen LogP contribution in [0.2, 0.25) is 0 Å². The number of hydrogen-bond acceptors (Lipinski definition) is 5. The van der Waals surface area contributed by atoms with E-state index < -0.39 is 27.0 Å². The number of nitrogens with one attached hydrogen (secondary N) is 1. The summed E-state index contributed by atoms with van der Waals surface area (Å²) in [4.78, 5) is 20.2. The number of hydrogen-bond donors (Lipinski definition) is 1. The maximum Gasteiger partial charge on any atom is 0.283 e. The predicted octanol–water partition coefficient (Wildman–Crippen LogP) is 1.59. The van der Waals surface area contributed by atoms with Crippen LogP contribution in [-0.4, -0.2) is 30.0 Å². The summed E-state index contributed by atoms with van der Waals surface area (Å²) in [6.07, 6.45) is 6.96. The first kappa shape index (κ1) is 15.0. The van der Waals surface area contributed by atoms with Gasteiger partial charge >= 0.3 is 0 Å². The standard InChI is InChI=1S/C15H18FN3O3S/c16-15-6-10-3-11(7-15)5-14(4-10,9-15)13(20)19-23(21,22)12-8-17-1-2-18-12/h1-2,8,10-11H,3-7,9H2,(H,19,20). The van der Waals surface area contributed by atoms with Gasteiger partial charge in [0.1, 0.15) is 5.67 Å². The fraction of sp³-hybridized carbons (Fsp3) is 0.667. The van der Waals surface area contributed by atoms with E-state index >= 15 is 0 Å². The molecule has 4 aliphatic rings. The van der Waals surface area contributed by atoms with E-state index in [0.29, 0.717) is 25.7 Å². The van der Waals surface area contributed by atoms with Crippen LogP contribution in [0.3, 0.4) is 0 Å². The fourth-order valence-electron chi connectivity index (χ4n) is 5.12. The minimum atomic E-state index is -4.07. The largest absolute Gasteiger partial charge is 0.283 e. The van der Waals surface area contributed by atoms with E-state index in [0.717, 1.165) is 12.6 Å². The van der Waals surface area contributed by atoms with Crippen molar-refractivity contribution in [2.45, 2.75) is 49.2 Å². The number of aromatic nitrogens is 2. The van der Waals surface area contributed by atoms with Crippen LogP contribution in [0.4, 0.5) is 4.39 Å². The summed E-state index contributed by atoms with van der Waals surface area (Å²) in [5, 5.41) is -0.298. The van der Waals surface area contributed by atoms with Gasteiger partial charge in [0.05, 0.1) is 11.6 Å². The van der Waals surface area contributed by atoms with Gasteiger partial charge in [-0.1, -0.05) is 0 Å². The molecule has 23 heavy (non-hydrogen) atoms. The lowest BCUT2D eigenvalue weighted by Gasteiger charge is -2.57. The van der Waals surface area contributed by atoms with E-state index in [2.05, 4.69) is 14.7 Å². The van der Waals surface area contributed by atoms with Crippen molar-refractivity contribution in [3.8, 4) is 0 Å². The zero-order chi connectivity index (χ0) is 16.3. The minimum Gasteiger partial charge on any atom is -0.273 e. The maximum absolute atomic E-state index is 14.9. The van der Waals surface area contributed by atoms with Crippen LogP contribution in [0, 0.1) is 17.3 Å². The zero-order valence-electron chi connectivity index (χ0n) is 12.5. The summed E-state index contributed by atoms with van der Waals surface area (Å²) in [5.41, 5.74) is -2.20. The average Bonchev–Trinajstić information content (AvgIpc) is 2.45. The predicted molar refractivity (Wildman–Crippen MR) is 78.3 cm³/mol. The number of carbonyl (C=O) groups is 1. The first-order valence-electron chi connectivity index (χ1n) is 7.83. The van der Waals surface area contributed by atoms with E-state index in [1.807, 2.05) is 0 Å². The molecule has 6 nitrogen and oxygen atoms in total. The molecule has 0 aliphatic heterocycles. The topological polar surface area (TPSA) is 89.0 Å². The van der Waals surface area contributed by atoms with Crippen LogP contribution < -0.4 is 4.72 Å². The number of halogens is 1. The lowest BCUT2D eigenvalue weighted by atomic mass is 9.48. The van der Waals surface area contributed by atoms with Crippen molar-refractivity contribution in [2.75, 3.05) is 0 Å². The molecular formula is C15H18FN3O3S. The molecule has 1 heterocycles. The Morgan fingerprint density at radius 2 is 1.91 bits per heavy atom. The second-order valence-corrected chi connectivity index (χ2v) is 9.00. The third-order valence-corrected chi connectivity index (χ3v) is 6.73. The average molecular weight is 339 g/mol. The van der Waals surface area contributed by atoms with Gasteiger partial charge in [0.15, 0.2) is 5.03 Å². The molecule has 0 aromatic carbocycles. The van der Waals surface area contributed by atoms with E-state index in [1.165, 1.54) is 12.4 Å². The quantitative estimate of drug-likeness (QED) is 0.903. The van der Waals surface area contributed by atoms with Gasteiger partial charge in [-0.2, -0.15) is 8.42 Å². The van der Waals surface area contributed by atoms with Crippen molar-refractivity contribution < 1.29 is 17.6 Å². The summed E-state index contributed by atoms with van der Waals surface area (Å²) >= 11 is 0. The van der Waals surface area contributed by atoms with Crippen LogP contribution in [0.25, 0.3) is 0 Å². The summed E-state index contributed by atoms with van der Waals surface area (Å²) in [6.45, 7) is 0. The van der Waals surface area contributed by atoms with Crippen molar-refractivity contribution in [1.29, 1.82) is 0 Å². The zero-order valence-corrected chi connectivity index (χ0v) is 13.4. The van der Waals surface area contributed by atoms with Crippen LogP contribution in [0.15, 0.2) is 23.6 Å². The number of nitrogens with zero attached hydrogens (tertiary/aromatic N) is 2. The molecule has 5 rings (SSSR count). The molecule has 2 unspecified atom stereocenters. The normalized spacial score (nSPS) is 38.5. The van der Waals surface area contributed by atoms with E-state index in [4.69, 9.17) is 0 Å². The molecule has 1 aromatic rings. The van der Waals surface area contributed by atoms with Crippen molar-refractivity contribution in [3.05, 3.63) is 18.6 Å². The van der Waals surface area contributed by atoms with Crippen LogP contribution in [-0.2, 0) is 14.8 Å². The van der Waals surface area contributed by atoms with Crippen molar-refractivity contribution in [3.63, 3.8) is 0 Å². The second-order valence-electron chi connectivity index (χ2n) is 7.37. The molecule has 4 fully saturated rings. The first-order chi connectivity index (χ1) is 10.8. The first-order valence-corrected chi connectivity index (χ1v) is 9.31. The van der Waals surface area contributed by atoms with Crippen LogP contribution in [0.1, 0.15) is 38.5 Å². The summed E-state index contributed by atoms with van der Waals surface area (Å²) in [5.74, 6) is -0.211. The molecule has 4 bridgehead atoms. The van der Waals surface area contributed by atoms with E-state index in [1.54, 1.807) is 0 Å². The highest BCUT2D eigenvalue weighted by molar-refractivity contribution is 7.90. The summed E-state index contributed by atoms with van der Waals surface area (Å²) < 4.78 is 41.6. The van der Waals surface area contributed by atoms with Crippen molar-refractivity contribution >= 4 is 15.9 Å². The highest BCUT2D eigenvalue weighted by atomic mass is 32.2. The number of alkyl halides is 1. The number of rotatable bonds is 3. The molecule has 4 saturated carbocycles. The smallest absolute Gasteiger partial charge is 0.273 e. The Morgan fingerprint density at radius 3 is 2.48 bits per heavy atom. The van der Waals surface area contributed by atoms with Crippen LogP contribution in [0.5, 0.6) is 0 Å². The van der Waals surface area contributed by atoms with Gasteiger partial charge in [0.25, 0.3) is 10.0 Å². The van der Waals surface area contributed by atoms with Crippen molar-refractivity contribution in [2.24, 2.45) is 17.3 Å². The molecule has 0 saturated heterocycles. The Hall–Kier alpha value is -1.57. The summed E-state index contributed by atoms with van der Waals surface area (Å²) in [6, 6.07) is 0. The summed E-state index contributed by atoms with van der Waals surface area (Å²) in [7, 11) is -4.07. The molecule has 0 radical (unpaired) electrons. The second kappa shape index (κ2) is 4.72. The molecule has 124 valence electrons. The highest BCUT2D eigenvalue weighted by Gasteiger charge is 2.61. The number of carbonyl (C=O) groups excluding carboxylic acids is 1. The van der Waals surface area contributed by atoms with Crippen LogP contribution >= 0.6 is 0 Å². The van der Waals surface area contributed by atoms with Gasteiger partial charge in [-0.25, -0.2) is 14.1 Å². The molecule has 8 heteroatoms. The molecule has 0 spiro atoms. The van der Waals surface area contributed by atoms with E-state index in [-0.39, 0.29) is 23.3 Å². The van der Waals surface area contributed by atoms with Gasteiger partial charge in [0.2, 0.25) is 5.91 Å². The molecule has 1 amide bonds. The Labute approximate surface area is 134 Å². The van der Waals surface area contributed by atoms with E-state index in [9.17, 15) is 17.6 Å². The van der Waals surface area contributed by atoms with Gasteiger partial charge in [0, 0.05) is 12.4 Å². The lowest BCUT2D eigenvalue weighted by Crippen LogP contribution is -2.59. The Morgan fingerprint density at radius 1 is 1.22 bits per heavy atom. The molecule has 1 aromatic heterocycles. The fourth-order valence-corrected chi connectivity index (χ4v) is 6.09. The number of amides is 1. The van der Waals surface area contributed by atoms with Gasteiger partial charge in [-0.3, -0.25) is 9.78 Å². The molecule has 2 atom stereocenters. The number of sulfonamides is 1. The molecular weight excluding hydrogens is 321 g/mol. The third kappa shape index (κ3) is 2.43. The monoisotopic (exact) mass is 339 g/mol. The minimum absolute atomic E-state index is 0.134. The van der Waals surface area contributed by atoms with Gasteiger partial charge in [-0.05, 0) is 50.4 Å². The maximum atomic E-state index is 14.9. The highest BCUT2D eigenvalue weighted by Crippen LogP contribution is 2.63. The molecule has 1 N–H and O–H groups in total. The Kier molecular flexibility index (Phi) is 3.07.